The van der Waals surface area contributed by atoms with Crippen molar-refractivity contribution in [2.45, 2.75) is 57.7 Å². The normalized spacial score (nSPS) is 13.5. The summed E-state index contributed by atoms with van der Waals surface area (Å²) >= 11 is 5.37. The third kappa shape index (κ3) is 4.87. The summed E-state index contributed by atoms with van der Waals surface area (Å²) in [5.41, 5.74) is 1.91. The summed E-state index contributed by atoms with van der Waals surface area (Å²) in [5, 5.41) is 0.655. The van der Waals surface area contributed by atoms with Crippen LogP contribution in [0.25, 0.3) is 10.9 Å². The number of para-hydroxylation sites is 1. The molecule has 156 valence electrons. The Balaban J connectivity index is 1.29. The Morgan fingerprint density at radius 2 is 1.77 bits per heavy atom. The van der Waals surface area contributed by atoms with Crippen molar-refractivity contribution in [2.24, 2.45) is 0 Å². The van der Waals surface area contributed by atoms with Gasteiger partial charge >= 0.3 is 0 Å². The highest BCUT2D eigenvalue weighted by Gasteiger charge is 2.32. The molecule has 1 aromatic heterocycles. The first kappa shape index (κ1) is 20.5. The summed E-state index contributed by atoms with van der Waals surface area (Å²) in [6, 6.07) is 18.0. The van der Waals surface area contributed by atoms with Crippen LogP contribution in [0.4, 0.5) is 0 Å². The van der Waals surface area contributed by atoms with Crippen molar-refractivity contribution in [3.8, 4) is 0 Å². The molecule has 1 saturated carbocycles. The predicted molar refractivity (Wildman–Crippen MR) is 122 cm³/mol. The molecule has 6 heteroatoms. The zero-order chi connectivity index (χ0) is 20.9. The number of nitrogens with zero attached hydrogens (tertiary/aromatic N) is 2. The molecule has 3 aromatic rings. The Bertz CT molecular complexity index is 1130. The number of amides is 1. The van der Waals surface area contributed by atoms with Gasteiger partial charge in [0.15, 0.2) is 4.77 Å². The third-order valence-corrected chi connectivity index (χ3v) is 5.99. The van der Waals surface area contributed by atoms with E-state index in [1.54, 1.807) is 4.57 Å². The first-order valence-corrected chi connectivity index (χ1v) is 11.1. The van der Waals surface area contributed by atoms with E-state index < -0.39 is 0 Å². The monoisotopic (exact) mass is 421 g/mol. The minimum absolute atomic E-state index is 0.0480. The molecule has 1 amide bonds. The number of fused-ring (bicyclic) bond motifs is 1. The quantitative estimate of drug-likeness (QED) is 0.398. The molecular formula is C24H27N3O2S. The summed E-state index contributed by atoms with van der Waals surface area (Å²) in [6.45, 7) is 1.27. The van der Waals surface area contributed by atoms with Crippen LogP contribution in [0.1, 0.15) is 44.1 Å². The van der Waals surface area contributed by atoms with E-state index in [-0.39, 0.29) is 11.5 Å². The summed E-state index contributed by atoms with van der Waals surface area (Å²) in [5.74, 6) is 0.238. The highest BCUT2D eigenvalue weighted by molar-refractivity contribution is 7.71. The lowest BCUT2D eigenvalue weighted by Crippen LogP contribution is -2.32. The molecule has 2 aromatic carbocycles. The van der Waals surface area contributed by atoms with E-state index in [9.17, 15) is 9.59 Å². The fraction of sp³-hybridized carbons (Fsp3) is 0.375. The number of carbonyl (C=O) groups excluding carboxylic acids is 1. The summed E-state index contributed by atoms with van der Waals surface area (Å²) in [6.07, 6.45) is 5.33. The zero-order valence-electron chi connectivity index (χ0n) is 17.0. The number of hydrogen-bond acceptors (Lipinski definition) is 3. The number of aromatic nitrogens is 2. The Morgan fingerprint density at radius 1 is 1.03 bits per heavy atom. The van der Waals surface area contributed by atoms with Gasteiger partial charge < -0.3 is 9.88 Å². The van der Waals surface area contributed by atoms with Crippen molar-refractivity contribution in [3.05, 3.63) is 75.3 Å². The molecular weight excluding hydrogens is 394 g/mol. The summed E-state index contributed by atoms with van der Waals surface area (Å²) < 4.78 is 2.09. The first-order chi connectivity index (χ1) is 14.6. The maximum Gasteiger partial charge on any atom is 0.262 e. The molecule has 1 aliphatic rings. The average Bonchev–Trinajstić information content (AvgIpc) is 3.59. The molecule has 4 rings (SSSR count). The zero-order valence-corrected chi connectivity index (χ0v) is 17.9. The van der Waals surface area contributed by atoms with Crippen LogP contribution >= 0.6 is 12.2 Å². The van der Waals surface area contributed by atoms with Gasteiger partial charge in [-0.15, -0.1) is 0 Å². The standard InChI is InChI=1S/C24H27N3O2S/c28-22(27(19-14-15-19)17-18-9-3-1-4-10-18)13-5-2-8-16-26-23(29)20-11-6-7-12-21(20)25-24(26)30/h1,3-4,6-7,9-12,19H,2,5,8,13-17H2,(H,25,30). The van der Waals surface area contributed by atoms with Crippen molar-refractivity contribution in [1.82, 2.24) is 14.5 Å². The van der Waals surface area contributed by atoms with Gasteiger partial charge in [0, 0.05) is 25.6 Å². The lowest BCUT2D eigenvalue weighted by atomic mass is 10.1. The van der Waals surface area contributed by atoms with Gasteiger partial charge in [-0.25, -0.2) is 0 Å². The molecule has 0 unspecified atom stereocenters. The van der Waals surface area contributed by atoms with Crippen molar-refractivity contribution >= 4 is 29.0 Å². The van der Waals surface area contributed by atoms with Crippen LogP contribution in [0.15, 0.2) is 59.4 Å². The molecule has 30 heavy (non-hydrogen) atoms. The van der Waals surface area contributed by atoms with Crippen molar-refractivity contribution in [1.29, 1.82) is 0 Å². The molecule has 0 spiro atoms. The van der Waals surface area contributed by atoms with E-state index in [4.69, 9.17) is 12.2 Å². The minimum atomic E-state index is -0.0480. The van der Waals surface area contributed by atoms with Gasteiger partial charge in [0.25, 0.3) is 5.56 Å². The highest BCUT2D eigenvalue weighted by Crippen LogP contribution is 2.29. The number of rotatable bonds is 9. The topological polar surface area (TPSA) is 58.1 Å². The fourth-order valence-electron chi connectivity index (χ4n) is 3.86. The maximum atomic E-state index is 12.8. The van der Waals surface area contributed by atoms with Gasteiger partial charge in [0.05, 0.1) is 10.9 Å². The van der Waals surface area contributed by atoms with Gasteiger partial charge in [-0.05, 0) is 55.6 Å². The summed E-state index contributed by atoms with van der Waals surface area (Å²) in [7, 11) is 0. The second kappa shape index (κ2) is 9.39. The van der Waals surface area contributed by atoms with Gasteiger partial charge in [0.1, 0.15) is 0 Å². The van der Waals surface area contributed by atoms with E-state index in [1.807, 2.05) is 47.4 Å². The van der Waals surface area contributed by atoms with E-state index in [2.05, 4.69) is 17.1 Å². The predicted octanol–water partition coefficient (Wildman–Crippen LogP) is 4.81. The SMILES string of the molecule is O=C(CCCCCn1c(=S)[nH]c2ccccc2c1=O)N(Cc1ccccc1)C1CC1. The van der Waals surface area contributed by atoms with Crippen LogP contribution in [0.2, 0.25) is 0 Å². The molecule has 1 N–H and O–H groups in total. The Labute approximate surface area is 181 Å². The van der Waals surface area contributed by atoms with Crippen LogP contribution in [0, 0.1) is 4.77 Å². The molecule has 1 aliphatic carbocycles. The van der Waals surface area contributed by atoms with Crippen LogP contribution in [-0.2, 0) is 17.9 Å². The van der Waals surface area contributed by atoms with Gasteiger partial charge in [0.2, 0.25) is 5.91 Å². The Hall–Kier alpha value is -2.73. The average molecular weight is 422 g/mol. The minimum Gasteiger partial charge on any atom is -0.335 e. The molecule has 0 aliphatic heterocycles. The number of H-pyrrole nitrogens is 1. The van der Waals surface area contributed by atoms with Crippen LogP contribution in [0.5, 0.6) is 0 Å². The van der Waals surface area contributed by atoms with Crippen molar-refractivity contribution in [2.75, 3.05) is 0 Å². The molecule has 0 bridgehead atoms. The Morgan fingerprint density at radius 3 is 2.53 bits per heavy atom. The fourth-order valence-corrected chi connectivity index (χ4v) is 4.14. The maximum absolute atomic E-state index is 12.8. The van der Waals surface area contributed by atoms with E-state index in [0.29, 0.717) is 35.7 Å². The number of hydrogen-bond donors (Lipinski definition) is 1. The van der Waals surface area contributed by atoms with Crippen LogP contribution in [0.3, 0.4) is 0 Å². The molecule has 1 fully saturated rings. The van der Waals surface area contributed by atoms with Crippen molar-refractivity contribution in [3.63, 3.8) is 0 Å². The first-order valence-electron chi connectivity index (χ1n) is 10.7. The van der Waals surface area contributed by atoms with E-state index in [0.717, 1.165) is 37.6 Å². The lowest BCUT2D eigenvalue weighted by Gasteiger charge is -2.22. The van der Waals surface area contributed by atoms with E-state index >= 15 is 0 Å². The Kier molecular flexibility index (Phi) is 6.43. The van der Waals surface area contributed by atoms with Crippen LogP contribution in [-0.4, -0.2) is 26.4 Å². The number of benzene rings is 2. The van der Waals surface area contributed by atoms with Crippen molar-refractivity contribution < 1.29 is 4.79 Å². The largest absolute Gasteiger partial charge is 0.335 e. The van der Waals surface area contributed by atoms with E-state index in [1.165, 1.54) is 5.56 Å². The second-order valence-corrected chi connectivity index (χ2v) is 8.37. The number of unbranched alkanes of at least 4 members (excludes halogenated alkanes) is 2. The van der Waals surface area contributed by atoms with Gasteiger partial charge in [-0.3, -0.25) is 14.2 Å². The third-order valence-electron chi connectivity index (χ3n) is 5.67. The molecule has 5 nitrogen and oxygen atoms in total. The molecule has 0 saturated heterocycles. The van der Waals surface area contributed by atoms with Gasteiger partial charge in [-0.1, -0.05) is 48.9 Å². The number of nitrogens with one attached hydrogen (secondary N) is 1. The molecule has 0 radical (unpaired) electrons. The van der Waals surface area contributed by atoms with Gasteiger partial charge in [-0.2, -0.15) is 0 Å². The molecule has 1 heterocycles. The smallest absolute Gasteiger partial charge is 0.262 e. The number of aromatic amines is 1. The van der Waals surface area contributed by atoms with Crippen LogP contribution < -0.4 is 5.56 Å². The number of carbonyl (C=O) groups is 1. The highest BCUT2D eigenvalue weighted by atomic mass is 32.1. The molecule has 0 atom stereocenters. The summed E-state index contributed by atoms with van der Waals surface area (Å²) in [4.78, 5) is 30.6. The lowest BCUT2D eigenvalue weighted by molar-refractivity contribution is -0.132. The second-order valence-electron chi connectivity index (χ2n) is 7.98.